The fourth-order valence-corrected chi connectivity index (χ4v) is 1.49. The van der Waals surface area contributed by atoms with Crippen LogP contribution in [0.2, 0.25) is 0 Å². The number of rotatable bonds is 5. The first-order valence-electron chi connectivity index (χ1n) is 5.54. The fraction of sp³-hybridized carbons (Fsp3) is 0.333. The first-order valence-corrected chi connectivity index (χ1v) is 5.54. The van der Waals surface area contributed by atoms with Gasteiger partial charge >= 0.3 is 6.03 Å². The van der Waals surface area contributed by atoms with Gasteiger partial charge in [-0.3, -0.25) is 10.1 Å². The monoisotopic (exact) mass is 253 g/mol. The Kier molecular flexibility index (Phi) is 5.26. The Labute approximate surface area is 105 Å². The third kappa shape index (κ3) is 5.40. The van der Waals surface area contributed by atoms with Crippen LogP contribution in [0, 0.1) is 5.82 Å². The number of nitrogens with two attached hydrogens (primary N) is 1. The van der Waals surface area contributed by atoms with Crippen LogP contribution >= 0.6 is 0 Å². The average Bonchev–Trinajstić information content (AvgIpc) is 2.29. The molecule has 0 bridgehead atoms. The second kappa shape index (κ2) is 6.70. The molecule has 0 aliphatic carbocycles. The fourth-order valence-electron chi connectivity index (χ4n) is 1.49. The van der Waals surface area contributed by atoms with Crippen LogP contribution in [0.25, 0.3) is 0 Å². The summed E-state index contributed by atoms with van der Waals surface area (Å²) in [6.45, 7) is 1.90. The summed E-state index contributed by atoms with van der Waals surface area (Å²) < 4.78 is 12.7. The highest BCUT2D eigenvalue weighted by Crippen LogP contribution is 2.05. The average molecular weight is 253 g/mol. The van der Waals surface area contributed by atoms with Crippen molar-refractivity contribution in [3.8, 4) is 0 Å². The molecule has 0 fully saturated rings. The molecule has 1 aromatic carbocycles. The maximum absolute atomic E-state index is 12.7. The van der Waals surface area contributed by atoms with Crippen LogP contribution < -0.4 is 16.4 Å². The number of hydrogen-bond donors (Lipinski definition) is 3. The van der Waals surface area contributed by atoms with Crippen LogP contribution in [0.1, 0.15) is 12.5 Å². The highest BCUT2D eigenvalue weighted by atomic mass is 19.1. The van der Waals surface area contributed by atoms with Gasteiger partial charge in [0.15, 0.2) is 0 Å². The van der Waals surface area contributed by atoms with Crippen molar-refractivity contribution in [3.05, 3.63) is 35.6 Å². The Morgan fingerprint density at radius 1 is 1.33 bits per heavy atom. The van der Waals surface area contributed by atoms with Gasteiger partial charge < -0.3 is 11.1 Å². The number of urea groups is 1. The highest BCUT2D eigenvalue weighted by Gasteiger charge is 2.07. The molecule has 4 N–H and O–H groups in total. The summed E-state index contributed by atoms with van der Waals surface area (Å²) in [5.41, 5.74) is 5.77. The summed E-state index contributed by atoms with van der Waals surface area (Å²) in [5.74, 6) is -0.756. The van der Waals surface area contributed by atoms with E-state index < -0.39 is 11.9 Å². The largest absolute Gasteiger partial charge is 0.351 e. The summed E-state index contributed by atoms with van der Waals surface area (Å²) in [5, 5.41) is 4.89. The van der Waals surface area contributed by atoms with E-state index in [4.69, 9.17) is 5.73 Å². The van der Waals surface area contributed by atoms with Crippen molar-refractivity contribution in [3.63, 3.8) is 0 Å². The summed E-state index contributed by atoms with van der Waals surface area (Å²) in [7, 11) is 0. The minimum Gasteiger partial charge on any atom is -0.351 e. The van der Waals surface area contributed by atoms with Gasteiger partial charge in [-0.1, -0.05) is 12.1 Å². The summed E-state index contributed by atoms with van der Waals surface area (Å²) in [4.78, 5) is 21.5. The molecule has 0 aromatic heterocycles. The van der Waals surface area contributed by atoms with Gasteiger partial charge in [-0.2, -0.15) is 0 Å². The molecule has 1 aromatic rings. The van der Waals surface area contributed by atoms with Crippen molar-refractivity contribution < 1.29 is 14.0 Å². The molecule has 0 spiro atoms. The van der Waals surface area contributed by atoms with E-state index in [-0.39, 0.29) is 18.4 Å². The third-order valence-corrected chi connectivity index (χ3v) is 2.33. The second-order valence-corrected chi connectivity index (χ2v) is 4.02. The first-order chi connectivity index (χ1) is 8.47. The molecule has 6 heteroatoms. The van der Waals surface area contributed by atoms with Crippen molar-refractivity contribution in [2.75, 3.05) is 6.54 Å². The molecule has 98 valence electrons. The van der Waals surface area contributed by atoms with Gasteiger partial charge in [0.2, 0.25) is 5.91 Å². The van der Waals surface area contributed by atoms with Crippen LogP contribution in [0.5, 0.6) is 0 Å². The van der Waals surface area contributed by atoms with Gasteiger partial charge in [0, 0.05) is 6.04 Å². The molecule has 1 rings (SSSR count). The van der Waals surface area contributed by atoms with E-state index in [0.717, 1.165) is 5.56 Å². The van der Waals surface area contributed by atoms with E-state index in [1.165, 1.54) is 12.1 Å². The lowest BCUT2D eigenvalue weighted by molar-refractivity contribution is -0.119. The smallest absolute Gasteiger partial charge is 0.318 e. The lowest BCUT2D eigenvalue weighted by atomic mass is 10.1. The van der Waals surface area contributed by atoms with Crippen molar-refractivity contribution in [1.29, 1.82) is 0 Å². The molecule has 3 amide bonds. The van der Waals surface area contributed by atoms with Crippen molar-refractivity contribution in [2.24, 2.45) is 5.73 Å². The van der Waals surface area contributed by atoms with Crippen LogP contribution in [0.3, 0.4) is 0 Å². The number of amides is 3. The maximum atomic E-state index is 12.7. The molecule has 0 aliphatic heterocycles. The van der Waals surface area contributed by atoms with E-state index in [1.54, 1.807) is 12.1 Å². The Hall–Kier alpha value is -1.95. The molecule has 0 heterocycles. The molecule has 1 unspecified atom stereocenters. The van der Waals surface area contributed by atoms with Crippen LogP contribution in [0.4, 0.5) is 9.18 Å². The molecule has 18 heavy (non-hydrogen) atoms. The molecular formula is C12H16FN3O2. The van der Waals surface area contributed by atoms with Crippen LogP contribution in [-0.2, 0) is 11.2 Å². The normalized spacial score (nSPS) is 11.9. The minimum atomic E-state index is -0.868. The number of hydrogen-bond acceptors (Lipinski definition) is 3. The summed E-state index contributed by atoms with van der Waals surface area (Å²) >= 11 is 0. The van der Waals surface area contributed by atoms with Gasteiger partial charge in [0.05, 0.1) is 6.54 Å². The number of nitrogens with one attached hydrogen (secondary N) is 2. The Morgan fingerprint density at radius 2 is 1.94 bits per heavy atom. The van der Waals surface area contributed by atoms with E-state index >= 15 is 0 Å². The lowest BCUT2D eigenvalue weighted by Crippen LogP contribution is -2.43. The Balaban J connectivity index is 2.33. The number of benzene rings is 1. The molecule has 5 nitrogen and oxygen atoms in total. The minimum absolute atomic E-state index is 0.00526. The summed E-state index contributed by atoms with van der Waals surface area (Å²) in [6, 6.07) is 5.32. The zero-order chi connectivity index (χ0) is 13.5. The summed E-state index contributed by atoms with van der Waals surface area (Å²) in [6.07, 6.45) is 0.657. The van der Waals surface area contributed by atoms with Gasteiger partial charge in [-0.15, -0.1) is 0 Å². The van der Waals surface area contributed by atoms with Crippen molar-refractivity contribution in [1.82, 2.24) is 10.6 Å². The standard InChI is InChI=1S/C12H16FN3O2/c1-8(15-7-11(17)16-12(14)18)6-9-2-4-10(13)5-3-9/h2-5,8,15H,6-7H2,1H3,(H3,14,16,17,18). The lowest BCUT2D eigenvalue weighted by Gasteiger charge is -2.13. The molecule has 0 saturated carbocycles. The highest BCUT2D eigenvalue weighted by molar-refractivity contribution is 5.94. The maximum Gasteiger partial charge on any atom is 0.318 e. The number of imide groups is 1. The molecule has 0 aliphatic rings. The predicted molar refractivity (Wildman–Crippen MR) is 65.3 cm³/mol. The molecule has 0 saturated heterocycles. The van der Waals surface area contributed by atoms with E-state index in [1.807, 2.05) is 12.2 Å². The first kappa shape index (κ1) is 14.1. The topological polar surface area (TPSA) is 84.2 Å². The van der Waals surface area contributed by atoms with Crippen molar-refractivity contribution in [2.45, 2.75) is 19.4 Å². The van der Waals surface area contributed by atoms with Crippen LogP contribution in [0.15, 0.2) is 24.3 Å². The number of halogens is 1. The third-order valence-electron chi connectivity index (χ3n) is 2.33. The molecular weight excluding hydrogens is 237 g/mol. The van der Waals surface area contributed by atoms with Crippen molar-refractivity contribution >= 4 is 11.9 Å². The predicted octanol–water partition coefficient (Wildman–Crippen LogP) is 0.541. The molecule has 0 radical (unpaired) electrons. The van der Waals surface area contributed by atoms with Crippen LogP contribution in [-0.4, -0.2) is 24.5 Å². The second-order valence-electron chi connectivity index (χ2n) is 4.02. The van der Waals surface area contributed by atoms with E-state index in [2.05, 4.69) is 5.32 Å². The number of carbonyl (C=O) groups is 2. The van der Waals surface area contributed by atoms with Gasteiger partial charge in [-0.05, 0) is 31.0 Å². The number of primary amides is 1. The molecule has 1 atom stereocenters. The zero-order valence-corrected chi connectivity index (χ0v) is 10.1. The zero-order valence-electron chi connectivity index (χ0n) is 10.1. The van der Waals surface area contributed by atoms with Gasteiger partial charge in [0.1, 0.15) is 5.82 Å². The number of carbonyl (C=O) groups excluding carboxylic acids is 2. The Morgan fingerprint density at radius 3 is 2.50 bits per heavy atom. The quantitative estimate of drug-likeness (QED) is 0.716. The van der Waals surface area contributed by atoms with Gasteiger partial charge in [-0.25, -0.2) is 9.18 Å². The van der Waals surface area contributed by atoms with E-state index in [9.17, 15) is 14.0 Å². The SMILES string of the molecule is CC(Cc1ccc(F)cc1)NCC(=O)NC(N)=O. The Bertz CT molecular complexity index is 420. The van der Waals surface area contributed by atoms with E-state index in [0.29, 0.717) is 6.42 Å². The van der Waals surface area contributed by atoms with Gasteiger partial charge in [0.25, 0.3) is 0 Å².